The highest BCUT2D eigenvalue weighted by molar-refractivity contribution is 6.00. The molecule has 6 heteroatoms. The molecule has 1 rings (SSSR count). The van der Waals surface area contributed by atoms with E-state index in [2.05, 4.69) is 0 Å². The quantitative estimate of drug-likeness (QED) is 0.670. The van der Waals surface area contributed by atoms with E-state index in [-0.39, 0.29) is 12.5 Å². The molecule has 2 amide bonds. The third kappa shape index (κ3) is 2.63. The summed E-state index contributed by atoms with van der Waals surface area (Å²) >= 11 is 0. The lowest BCUT2D eigenvalue weighted by molar-refractivity contribution is -0.150. The molecule has 3 unspecified atom stereocenters. The Morgan fingerprint density at radius 3 is 2.50 bits per heavy atom. The number of carbonyl (C=O) groups excluding carboxylic acids is 2. The Balaban J connectivity index is 2.99. The molecule has 1 fully saturated rings. The van der Waals surface area contributed by atoms with Gasteiger partial charge in [-0.15, -0.1) is 0 Å². The largest absolute Gasteiger partial charge is 0.481 e. The molecule has 6 nitrogen and oxygen atoms in total. The van der Waals surface area contributed by atoms with Crippen LogP contribution in [0.3, 0.4) is 0 Å². The first-order valence-electron chi connectivity index (χ1n) is 6.28. The van der Waals surface area contributed by atoms with Crippen molar-refractivity contribution in [2.75, 3.05) is 0 Å². The average molecular weight is 256 g/mol. The first kappa shape index (κ1) is 14.5. The number of carboxylic acids is 1. The minimum absolute atomic E-state index is 0.193. The van der Waals surface area contributed by atoms with Crippen LogP contribution in [-0.2, 0) is 14.4 Å². The highest BCUT2D eigenvalue weighted by atomic mass is 16.4. The number of aliphatic carboxylic acids is 1. The molecule has 1 saturated heterocycles. The first-order valence-corrected chi connectivity index (χ1v) is 6.28. The molecular weight excluding hydrogens is 236 g/mol. The normalized spacial score (nSPS) is 25.2. The molecule has 0 aromatic carbocycles. The highest BCUT2D eigenvalue weighted by Crippen LogP contribution is 2.30. The third-order valence-corrected chi connectivity index (χ3v) is 3.42. The third-order valence-electron chi connectivity index (χ3n) is 3.42. The number of primary amides is 1. The zero-order valence-corrected chi connectivity index (χ0v) is 10.8. The fourth-order valence-electron chi connectivity index (χ4n) is 2.59. The minimum Gasteiger partial charge on any atom is -0.481 e. The molecule has 3 N–H and O–H groups in total. The Morgan fingerprint density at radius 2 is 2.11 bits per heavy atom. The predicted molar refractivity (Wildman–Crippen MR) is 64.6 cm³/mol. The van der Waals surface area contributed by atoms with Gasteiger partial charge in [0.2, 0.25) is 11.8 Å². The second kappa shape index (κ2) is 5.84. The summed E-state index contributed by atoms with van der Waals surface area (Å²) in [6.45, 7) is 3.72. The van der Waals surface area contributed by atoms with Gasteiger partial charge in [-0.2, -0.15) is 0 Å². The van der Waals surface area contributed by atoms with Gasteiger partial charge in [0.25, 0.3) is 0 Å². The summed E-state index contributed by atoms with van der Waals surface area (Å²) in [5.41, 5.74) is 5.29. The van der Waals surface area contributed by atoms with Crippen molar-refractivity contribution >= 4 is 17.8 Å². The molecule has 1 aliphatic heterocycles. The van der Waals surface area contributed by atoms with E-state index in [9.17, 15) is 14.4 Å². The maximum absolute atomic E-state index is 12.1. The number of nitrogens with two attached hydrogens (primary N) is 1. The van der Waals surface area contributed by atoms with E-state index in [1.165, 1.54) is 4.90 Å². The lowest BCUT2D eigenvalue weighted by Gasteiger charge is -2.30. The number of carboxylic acid groups (broad SMARTS) is 1. The molecule has 1 heterocycles. The summed E-state index contributed by atoms with van der Waals surface area (Å²) in [5.74, 6) is -3.21. The number of hydrogen-bond donors (Lipinski definition) is 2. The van der Waals surface area contributed by atoms with Crippen molar-refractivity contribution < 1.29 is 19.5 Å². The van der Waals surface area contributed by atoms with E-state index in [0.29, 0.717) is 12.8 Å². The molecule has 3 atom stereocenters. The van der Waals surface area contributed by atoms with Crippen molar-refractivity contribution in [1.82, 2.24) is 4.90 Å². The van der Waals surface area contributed by atoms with Crippen molar-refractivity contribution in [1.29, 1.82) is 0 Å². The van der Waals surface area contributed by atoms with Gasteiger partial charge in [0.15, 0.2) is 0 Å². The smallest absolute Gasteiger partial charge is 0.316 e. The van der Waals surface area contributed by atoms with Gasteiger partial charge in [0.05, 0.1) is 0 Å². The molecule has 0 spiro atoms. The van der Waals surface area contributed by atoms with Gasteiger partial charge in [-0.25, -0.2) is 0 Å². The number of rotatable bonds is 6. The summed E-state index contributed by atoms with van der Waals surface area (Å²) in [7, 11) is 0. The molecule has 0 aromatic rings. The van der Waals surface area contributed by atoms with E-state index in [4.69, 9.17) is 10.8 Å². The minimum atomic E-state index is -1.12. The van der Waals surface area contributed by atoms with Gasteiger partial charge in [0.1, 0.15) is 12.0 Å². The van der Waals surface area contributed by atoms with Crippen LogP contribution in [0, 0.1) is 5.92 Å². The maximum atomic E-state index is 12.1. The van der Waals surface area contributed by atoms with E-state index in [0.717, 1.165) is 6.42 Å². The SMILES string of the molecule is CCCC1CC(C(=O)O)C(=O)N1C(CC)C(N)=O. The summed E-state index contributed by atoms with van der Waals surface area (Å²) in [6.07, 6.45) is 2.20. The van der Waals surface area contributed by atoms with Crippen LogP contribution in [0.5, 0.6) is 0 Å². The molecule has 0 radical (unpaired) electrons. The van der Waals surface area contributed by atoms with Gasteiger partial charge in [0, 0.05) is 6.04 Å². The van der Waals surface area contributed by atoms with Crippen LogP contribution in [-0.4, -0.2) is 39.9 Å². The fraction of sp³-hybridized carbons (Fsp3) is 0.750. The maximum Gasteiger partial charge on any atom is 0.316 e. The molecule has 0 saturated carbocycles. The molecular formula is C12H20N2O4. The van der Waals surface area contributed by atoms with Crippen LogP contribution >= 0.6 is 0 Å². The zero-order valence-electron chi connectivity index (χ0n) is 10.8. The van der Waals surface area contributed by atoms with Gasteiger partial charge < -0.3 is 15.7 Å². The van der Waals surface area contributed by atoms with E-state index in [1.54, 1.807) is 6.92 Å². The van der Waals surface area contributed by atoms with Crippen LogP contribution in [0.4, 0.5) is 0 Å². The monoisotopic (exact) mass is 256 g/mol. The van der Waals surface area contributed by atoms with Crippen LogP contribution in [0.2, 0.25) is 0 Å². The summed E-state index contributed by atoms with van der Waals surface area (Å²) < 4.78 is 0. The van der Waals surface area contributed by atoms with Crippen LogP contribution < -0.4 is 5.73 Å². The number of amides is 2. The second-order valence-electron chi connectivity index (χ2n) is 4.64. The first-order chi connectivity index (χ1) is 8.43. The van der Waals surface area contributed by atoms with Gasteiger partial charge in [-0.3, -0.25) is 14.4 Å². The lowest BCUT2D eigenvalue weighted by Crippen LogP contribution is -2.49. The number of likely N-dealkylation sites (tertiary alicyclic amines) is 1. The number of carbonyl (C=O) groups is 3. The van der Waals surface area contributed by atoms with Gasteiger partial charge in [-0.05, 0) is 19.3 Å². The Bertz CT molecular complexity index is 356. The molecule has 18 heavy (non-hydrogen) atoms. The molecule has 102 valence electrons. The van der Waals surface area contributed by atoms with E-state index >= 15 is 0 Å². The van der Waals surface area contributed by atoms with Gasteiger partial charge in [-0.1, -0.05) is 20.3 Å². The lowest BCUT2D eigenvalue weighted by atomic mass is 10.0. The van der Waals surface area contributed by atoms with Gasteiger partial charge >= 0.3 is 5.97 Å². The molecule has 0 aliphatic carbocycles. The van der Waals surface area contributed by atoms with Crippen molar-refractivity contribution in [2.24, 2.45) is 11.7 Å². The van der Waals surface area contributed by atoms with Crippen molar-refractivity contribution in [2.45, 2.75) is 51.6 Å². The Kier molecular flexibility index (Phi) is 4.69. The second-order valence-corrected chi connectivity index (χ2v) is 4.64. The van der Waals surface area contributed by atoms with Crippen molar-refractivity contribution in [3.63, 3.8) is 0 Å². The summed E-state index contributed by atoms with van der Waals surface area (Å²) in [5, 5.41) is 9.02. The topological polar surface area (TPSA) is 101 Å². The fourth-order valence-corrected chi connectivity index (χ4v) is 2.59. The highest BCUT2D eigenvalue weighted by Gasteiger charge is 2.46. The van der Waals surface area contributed by atoms with Crippen LogP contribution in [0.15, 0.2) is 0 Å². The number of hydrogen-bond acceptors (Lipinski definition) is 3. The standard InChI is InChI=1S/C12H20N2O4/c1-3-5-7-6-8(12(17)18)11(16)14(7)9(4-2)10(13)15/h7-9H,3-6H2,1-2H3,(H2,13,15)(H,17,18). The van der Waals surface area contributed by atoms with Crippen molar-refractivity contribution in [3.05, 3.63) is 0 Å². The summed E-state index contributed by atoms with van der Waals surface area (Å²) in [6, 6.07) is -0.889. The zero-order chi connectivity index (χ0) is 13.9. The van der Waals surface area contributed by atoms with E-state index in [1.807, 2.05) is 6.92 Å². The van der Waals surface area contributed by atoms with E-state index < -0.39 is 29.7 Å². The number of nitrogens with zero attached hydrogens (tertiary/aromatic N) is 1. The molecule has 0 bridgehead atoms. The van der Waals surface area contributed by atoms with Crippen LogP contribution in [0.1, 0.15) is 39.5 Å². The average Bonchev–Trinajstić information content (AvgIpc) is 2.59. The summed E-state index contributed by atoms with van der Waals surface area (Å²) in [4.78, 5) is 35.9. The Hall–Kier alpha value is -1.59. The van der Waals surface area contributed by atoms with Crippen LogP contribution in [0.25, 0.3) is 0 Å². The predicted octanol–water partition coefficient (Wildman–Crippen LogP) is 0.352. The molecule has 1 aliphatic rings. The molecule has 0 aromatic heterocycles. The van der Waals surface area contributed by atoms with Crippen molar-refractivity contribution in [3.8, 4) is 0 Å². The Morgan fingerprint density at radius 1 is 1.50 bits per heavy atom. The Labute approximate surface area is 106 Å².